The molecule has 0 heterocycles. The number of hydrogen-bond donors (Lipinski definition) is 1. The summed E-state index contributed by atoms with van der Waals surface area (Å²) in [5.74, 6) is 0.785. The van der Waals surface area contributed by atoms with E-state index in [1.807, 2.05) is 53.7 Å². The Bertz CT molecular complexity index is 490. The SMILES string of the molecule is CCCO[C@](C)(CC)C(=O)Nc1cc(C)c(OCC)c(C)c1. The van der Waals surface area contributed by atoms with Gasteiger partial charge in [0, 0.05) is 12.3 Å². The normalized spacial score (nSPS) is 13.5. The second kappa shape index (κ2) is 8.18. The first kappa shape index (κ1) is 18.5. The molecule has 0 aromatic heterocycles. The van der Waals surface area contributed by atoms with Crippen LogP contribution < -0.4 is 10.1 Å². The summed E-state index contributed by atoms with van der Waals surface area (Å²) in [6.45, 7) is 13.0. The maximum absolute atomic E-state index is 12.5. The van der Waals surface area contributed by atoms with Crippen LogP contribution in [0, 0.1) is 13.8 Å². The van der Waals surface area contributed by atoms with Gasteiger partial charge in [-0.15, -0.1) is 0 Å². The molecule has 0 aliphatic rings. The lowest BCUT2D eigenvalue weighted by molar-refractivity contribution is -0.139. The molecule has 0 saturated heterocycles. The molecule has 0 saturated carbocycles. The second-order valence-corrected chi connectivity index (χ2v) is 5.76. The van der Waals surface area contributed by atoms with Gasteiger partial charge in [-0.3, -0.25) is 4.79 Å². The number of rotatable bonds is 8. The summed E-state index contributed by atoms with van der Waals surface area (Å²) in [5, 5.41) is 2.97. The van der Waals surface area contributed by atoms with Crippen molar-refractivity contribution in [2.45, 2.75) is 60.0 Å². The van der Waals surface area contributed by atoms with Gasteiger partial charge in [-0.2, -0.15) is 0 Å². The van der Waals surface area contributed by atoms with Gasteiger partial charge >= 0.3 is 0 Å². The Morgan fingerprint density at radius 3 is 2.23 bits per heavy atom. The highest BCUT2D eigenvalue weighted by atomic mass is 16.5. The van der Waals surface area contributed by atoms with Crippen LogP contribution in [-0.4, -0.2) is 24.7 Å². The average molecular weight is 307 g/mol. The largest absolute Gasteiger partial charge is 0.493 e. The maximum Gasteiger partial charge on any atom is 0.256 e. The van der Waals surface area contributed by atoms with Crippen molar-refractivity contribution < 1.29 is 14.3 Å². The van der Waals surface area contributed by atoms with Crippen molar-refractivity contribution in [1.29, 1.82) is 0 Å². The van der Waals surface area contributed by atoms with Crippen LogP contribution in [0.5, 0.6) is 5.75 Å². The fourth-order valence-electron chi connectivity index (χ4n) is 2.31. The van der Waals surface area contributed by atoms with Gasteiger partial charge in [0.05, 0.1) is 6.61 Å². The molecule has 0 spiro atoms. The van der Waals surface area contributed by atoms with E-state index in [-0.39, 0.29) is 5.91 Å². The number of benzene rings is 1. The molecule has 1 amide bonds. The van der Waals surface area contributed by atoms with E-state index in [1.165, 1.54) is 0 Å². The Labute approximate surface area is 134 Å². The van der Waals surface area contributed by atoms with Crippen molar-refractivity contribution in [2.75, 3.05) is 18.5 Å². The van der Waals surface area contributed by atoms with E-state index in [4.69, 9.17) is 9.47 Å². The zero-order valence-corrected chi connectivity index (χ0v) is 14.7. The first-order valence-electron chi connectivity index (χ1n) is 8.07. The van der Waals surface area contributed by atoms with Crippen molar-refractivity contribution in [1.82, 2.24) is 0 Å². The monoisotopic (exact) mass is 307 g/mol. The van der Waals surface area contributed by atoms with Gasteiger partial charge in [0.15, 0.2) is 0 Å². The Morgan fingerprint density at radius 1 is 1.18 bits per heavy atom. The predicted octanol–water partition coefficient (Wildman–Crippen LogP) is 4.24. The first-order chi connectivity index (χ1) is 10.4. The Balaban J connectivity index is 2.92. The van der Waals surface area contributed by atoms with Crippen LogP contribution in [0.2, 0.25) is 0 Å². The lowest BCUT2D eigenvalue weighted by Crippen LogP contribution is -2.42. The molecule has 1 aromatic rings. The summed E-state index contributed by atoms with van der Waals surface area (Å²) >= 11 is 0. The quantitative estimate of drug-likeness (QED) is 0.781. The van der Waals surface area contributed by atoms with E-state index in [0.29, 0.717) is 19.6 Å². The van der Waals surface area contributed by atoms with Crippen LogP contribution in [-0.2, 0) is 9.53 Å². The van der Waals surface area contributed by atoms with Gasteiger partial charge in [-0.25, -0.2) is 0 Å². The number of aryl methyl sites for hydroxylation is 2. The smallest absolute Gasteiger partial charge is 0.256 e. The minimum absolute atomic E-state index is 0.105. The number of carbonyl (C=O) groups excluding carboxylic acids is 1. The van der Waals surface area contributed by atoms with Crippen molar-refractivity contribution in [3.05, 3.63) is 23.3 Å². The van der Waals surface area contributed by atoms with Crippen LogP contribution in [0.25, 0.3) is 0 Å². The molecule has 4 heteroatoms. The number of ether oxygens (including phenoxy) is 2. The average Bonchev–Trinajstić information content (AvgIpc) is 2.48. The molecule has 22 heavy (non-hydrogen) atoms. The highest BCUT2D eigenvalue weighted by molar-refractivity contribution is 5.97. The minimum Gasteiger partial charge on any atom is -0.493 e. The van der Waals surface area contributed by atoms with Crippen molar-refractivity contribution in [2.24, 2.45) is 0 Å². The Hall–Kier alpha value is -1.55. The maximum atomic E-state index is 12.5. The Kier molecular flexibility index (Phi) is 6.88. The number of anilines is 1. The molecule has 0 unspecified atom stereocenters. The van der Waals surface area contributed by atoms with E-state index in [1.54, 1.807) is 0 Å². The van der Waals surface area contributed by atoms with E-state index >= 15 is 0 Å². The van der Waals surface area contributed by atoms with Gasteiger partial charge in [0.1, 0.15) is 11.4 Å². The van der Waals surface area contributed by atoms with Crippen LogP contribution >= 0.6 is 0 Å². The predicted molar refractivity (Wildman–Crippen MR) is 90.7 cm³/mol. The number of carbonyl (C=O) groups is 1. The molecule has 0 fully saturated rings. The summed E-state index contributed by atoms with van der Waals surface area (Å²) in [4.78, 5) is 12.5. The van der Waals surface area contributed by atoms with Gasteiger partial charge in [-0.1, -0.05) is 13.8 Å². The Morgan fingerprint density at radius 2 is 1.77 bits per heavy atom. The van der Waals surface area contributed by atoms with Crippen molar-refractivity contribution in [3.8, 4) is 5.75 Å². The standard InChI is InChI=1S/C18H29NO3/c1-7-10-22-18(6,8-2)17(20)19-15-11-13(4)16(21-9-3)14(5)12-15/h11-12H,7-10H2,1-6H3,(H,19,20)/t18-/m1/s1. The van der Waals surface area contributed by atoms with Crippen LogP contribution in [0.3, 0.4) is 0 Å². The van der Waals surface area contributed by atoms with Crippen molar-refractivity contribution >= 4 is 11.6 Å². The molecule has 0 aliphatic heterocycles. The molecular weight excluding hydrogens is 278 g/mol. The zero-order chi connectivity index (χ0) is 16.8. The van der Waals surface area contributed by atoms with Crippen LogP contribution in [0.4, 0.5) is 5.69 Å². The molecule has 4 nitrogen and oxygen atoms in total. The fourth-order valence-corrected chi connectivity index (χ4v) is 2.31. The van der Waals surface area contributed by atoms with Gasteiger partial charge < -0.3 is 14.8 Å². The minimum atomic E-state index is -0.795. The fraction of sp³-hybridized carbons (Fsp3) is 0.611. The zero-order valence-electron chi connectivity index (χ0n) is 14.7. The second-order valence-electron chi connectivity index (χ2n) is 5.76. The highest BCUT2D eigenvalue weighted by Crippen LogP contribution is 2.28. The van der Waals surface area contributed by atoms with Crippen molar-refractivity contribution in [3.63, 3.8) is 0 Å². The molecule has 1 aromatic carbocycles. The number of nitrogens with one attached hydrogen (secondary N) is 1. The lowest BCUT2D eigenvalue weighted by atomic mass is 10.0. The number of amides is 1. The van der Waals surface area contributed by atoms with Crippen LogP contribution in [0.1, 0.15) is 51.7 Å². The molecule has 0 bridgehead atoms. The van der Waals surface area contributed by atoms with E-state index < -0.39 is 5.60 Å². The molecule has 1 atom stereocenters. The van der Waals surface area contributed by atoms with Gasteiger partial charge in [-0.05, 0) is 63.8 Å². The summed E-state index contributed by atoms with van der Waals surface area (Å²) < 4.78 is 11.4. The third-order valence-corrected chi connectivity index (χ3v) is 3.79. The molecular formula is C18H29NO3. The summed E-state index contributed by atoms with van der Waals surface area (Å²) in [6, 6.07) is 3.87. The molecule has 0 radical (unpaired) electrons. The topological polar surface area (TPSA) is 47.6 Å². The van der Waals surface area contributed by atoms with Crippen LogP contribution in [0.15, 0.2) is 12.1 Å². The third kappa shape index (κ3) is 4.47. The van der Waals surface area contributed by atoms with E-state index in [0.717, 1.165) is 29.0 Å². The molecule has 0 aliphatic carbocycles. The summed E-state index contributed by atoms with van der Waals surface area (Å²) in [7, 11) is 0. The first-order valence-corrected chi connectivity index (χ1v) is 8.07. The molecule has 124 valence electrons. The highest BCUT2D eigenvalue weighted by Gasteiger charge is 2.32. The summed E-state index contributed by atoms with van der Waals surface area (Å²) in [5.41, 5.74) is 2.02. The molecule has 1 rings (SSSR count). The third-order valence-electron chi connectivity index (χ3n) is 3.79. The van der Waals surface area contributed by atoms with E-state index in [9.17, 15) is 4.79 Å². The van der Waals surface area contributed by atoms with Gasteiger partial charge in [0.2, 0.25) is 0 Å². The molecule has 1 N–H and O–H groups in total. The number of hydrogen-bond acceptors (Lipinski definition) is 3. The lowest BCUT2D eigenvalue weighted by Gasteiger charge is -2.27. The van der Waals surface area contributed by atoms with E-state index in [2.05, 4.69) is 5.32 Å². The van der Waals surface area contributed by atoms with Gasteiger partial charge in [0.25, 0.3) is 5.91 Å². The summed E-state index contributed by atoms with van der Waals surface area (Å²) in [6.07, 6.45) is 1.53.